The molecule has 1 N–H and O–H groups in total. The SMILES string of the molecule is Cc1ccc(C)c(Cc2nc(C)sc2C(=O)O)c1. The van der Waals surface area contributed by atoms with Crippen LogP contribution in [0.1, 0.15) is 37.1 Å². The fourth-order valence-corrected chi connectivity index (χ4v) is 2.70. The van der Waals surface area contributed by atoms with Gasteiger partial charge in [-0.3, -0.25) is 0 Å². The van der Waals surface area contributed by atoms with E-state index in [-0.39, 0.29) is 0 Å². The van der Waals surface area contributed by atoms with Gasteiger partial charge in [0.1, 0.15) is 4.88 Å². The number of carboxylic acids is 1. The lowest BCUT2D eigenvalue weighted by Crippen LogP contribution is -2.01. The molecule has 0 bridgehead atoms. The van der Waals surface area contributed by atoms with Gasteiger partial charge in [-0.2, -0.15) is 0 Å². The average Bonchev–Trinajstić information content (AvgIpc) is 2.65. The Morgan fingerprint density at radius 3 is 2.72 bits per heavy atom. The quantitative estimate of drug-likeness (QED) is 0.921. The highest BCUT2D eigenvalue weighted by Crippen LogP contribution is 2.22. The summed E-state index contributed by atoms with van der Waals surface area (Å²) < 4.78 is 0. The molecule has 0 atom stereocenters. The fraction of sp³-hybridized carbons (Fsp3) is 0.286. The van der Waals surface area contributed by atoms with E-state index in [1.807, 2.05) is 20.8 Å². The predicted octanol–water partition coefficient (Wildman–Crippen LogP) is 3.36. The second-order valence-electron chi connectivity index (χ2n) is 4.42. The van der Waals surface area contributed by atoms with Crippen LogP contribution in [0, 0.1) is 20.8 Å². The molecule has 18 heavy (non-hydrogen) atoms. The van der Waals surface area contributed by atoms with Gasteiger partial charge in [0, 0.05) is 6.42 Å². The van der Waals surface area contributed by atoms with Gasteiger partial charge in [0.25, 0.3) is 0 Å². The minimum Gasteiger partial charge on any atom is -0.477 e. The number of hydrogen-bond donors (Lipinski definition) is 1. The Bertz CT molecular complexity index is 602. The van der Waals surface area contributed by atoms with Crippen molar-refractivity contribution in [3.8, 4) is 0 Å². The minimum absolute atomic E-state index is 0.355. The van der Waals surface area contributed by atoms with Crippen molar-refractivity contribution in [2.75, 3.05) is 0 Å². The molecule has 1 heterocycles. The van der Waals surface area contributed by atoms with E-state index in [0.29, 0.717) is 17.0 Å². The zero-order chi connectivity index (χ0) is 13.3. The molecule has 4 heteroatoms. The number of hydrogen-bond acceptors (Lipinski definition) is 3. The number of carbonyl (C=O) groups is 1. The topological polar surface area (TPSA) is 50.2 Å². The van der Waals surface area contributed by atoms with E-state index >= 15 is 0 Å². The standard InChI is InChI=1S/C14H15NO2S/c1-8-4-5-9(2)11(6-8)7-12-13(14(16)17)18-10(3)15-12/h4-6H,7H2,1-3H3,(H,16,17). The first-order valence-corrected chi connectivity index (χ1v) is 6.54. The maximum absolute atomic E-state index is 11.1. The zero-order valence-electron chi connectivity index (χ0n) is 10.7. The van der Waals surface area contributed by atoms with E-state index in [1.54, 1.807) is 0 Å². The zero-order valence-corrected chi connectivity index (χ0v) is 11.5. The van der Waals surface area contributed by atoms with Crippen LogP contribution in [0.15, 0.2) is 18.2 Å². The van der Waals surface area contributed by atoms with Crippen LogP contribution in [0.3, 0.4) is 0 Å². The van der Waals surface area contributed by atoms with Gasteiger partial charge in [-0.05, 0) is 31.9 Å². The second kappa shape index (κ2) is 4.90. The lowest BCUT2D eigenvalue weighted by atomic mass is 10.0. The van der Waals surface area contributed by atoms with Gasteiger partial charge in [0.05, 0.1) is 10.7 Å². The highest BCUT2D eigenvalue weighted by Gasteiger charge is 2.16. The number of rotatable bonds is 3. The van der Waals surface area contributed by atoms with Gasteiger partial charge in [-0.1, -0.05) is 23.8 Å². The molecule has 0 aliphatic heterocycles. The number of aromatic nitrogens is 1. The van der Waals surface area contributed by atoms with Crippen molar-refractivity contribution in [1.82, 2.24) is 4.98 Å². The molecule has 3 nitrogen and oxygen atoms in total. The van der Waals surface area contributed by atoms with Gasteiger partial charge >= 0.3 is 5.97 Å². The molecule has 0 saturated carbocycles. The maximum Gasteiger partial charge on any atom is 0.347 e. The molecule has 94 valence electrons. The molecule has 0 fully saturated rings. The van der Waals surface area contributed by atoms with E-state index in [2.05, 4.69) is 23.2 Å². The molecule has 0 radical (unpaired) electrons. The van der Waals surface area contributed by atoms with E-state index < -0.39 is 5.97 Å². The third kappa shape index (κ3) is 2.59. The van der Waals surface area contributed by atoms with Crippen LogP contribution in [0.25, 0.3) is 0 Å². The van der Waals surface area contributed by atoms with Crippen molar-refractivity contribution in [1.29, 1.82) is 0 Å². The Morgan fingerprint density at radius 1 is 1.33 bits per heavy atom. The van der Waals surface area contributed by atoms with Crippen LogP contribution in [0.5, 0.6) is 0 Å². The number of aromatic carboxylic acids is 1. The molecule has 1 aromatic heterocycles. The van der Waals surface area contributed by atoms with E-state index in [0.717, 1.165) is 10.6 Å². The summed E-state index contributed by atoms with van der Waals surface area (Å²) in [4.78, 5) is 15.8. The summed E-state index contributed by atoms with van der Waals surface area (Å²) in [5, 5.41) is 9.95. The molecule has 0 amide bonds. The molecule has 0 aliphatic carbocycles. The van der Waals surface area contributed by atoms with Crippen molar-refractivity contribution < 1.29 is 9.90 Å². The molecule has 0 spiro atoms. The van der Waals surface area contributed by atoms with Gasteiger partial charge in [0.15, 0.2) is 0 Å². The van der Waals surface area contributed by atoms with Crippen LogP contribution in [0.2, 0.25) is 0 Å². The number of nitrogens with zero attached hydrogens (tertiary/aromatic N) is 1. The van der Waals surface area contributed by atoms with Crippen molar-refractivity contribution in [3.63, 3.8) is 0 Å². The third-order valence-electron chi connectivity index (χ3n) is 2.86. The average molecular weight is 261 g/mol. The number of aryl methyl sites for hydroxylation is 3. The Morgan fingerprint density at radius 2 is 2.06 bits per heavy atom. The molecule has 0 unspecified atom stereocenters. The summed E-state index contributed by atoms with van der Waals surface area (Å²) in [6, 6.07) is 6.21. The first-order valence-electron chi connectivity index (χ1n) is 5.73. The van der Waals surface area contributed by atoms with Crippen molar-refractivity contribution >= 4 is 17.3 Å². The lowest BCUT2D eigenvalue weighted by molar-refractivity contribution is 0.0701. The molecular formula is C14H15NO2S. The molecule has 2 aromatic rings. The molecule has 1 aromatic carbocycles. The molecule has 0 saturated heterocycles. The number of carboxylic acid groups (broad SMARTS) is 1. The van der Waals surface area contributed by atoms with Crippen LogP contribution < -0.4 is 0 Å². The molecular weight excluding hydrogens is 246 g/mol. The van der Waals surface area contributed by atoms with Crippen molar-refractivity contribution in [3.05, 3.63) is 50.5 Å². The highest BCUT2D eigenvalue weighted by molar-refractivity contribution is 7.13. The van der Waals surface area contributed by atoms with Gasteiger partial charge in [0.2, 0.25) is 0 Å². The number of benzene rings is 1. The lowest BCUT2D eigenvalue weighted by Gasteiger charge is -2.06. The predicted molar refractivity (Wildman–Crippen MR) is 72.5 cm³/mol. The van der Waals surface area contributed by atoms with Crippen LogP contribution in [0.4, 0.5) is 0 Å². The smallest absolute Gasteiger partial charge is 0.347 e. The van der Waals surface area contributed by atoms with Gasteiger partial charge in [-0.25, -0.2) is 9.78 Å². The first kappa shape index (κ1) is 12.8. The van der Waals surface area contributed by atoms with E-state index in [4.69, 9.17) is 5.11 Å². The Labute approximate surface area is 110 Å². The van der Waals surface area contributed by atoms with Crippen LogP contribution >= 0.6 is 11.3 Å². The molecule has 2 rings (SSSR count). The Balaban J connectivity index is 2.39. The first-order chi connectivity index (χ1) is 8.47. The largest absolute Gasteiger partial charge is 0.477 e. The highest BCUT2D eigenvalue weighted by atomic mass is 32.1. The Kier molecular flexibility index (Phi) is 3.48. The summed E-state index contributed by atoms with van der Waals surface area (Å²) in [5.41, 5.74) is 4.16. The normalized spacial score (nSPS) is 10.6. The fourth-order valence-electron chi connectivity index (χ4n) is 1.93. The van der Waals surface area contributed by atoms with Crippen LogP contribution in [-0.4, -0.2) is 16.1 Å². The third-order valence-corrected chi connectivity index (χ3v) is 3.86. The van der Waals surface area contributed by atoms with Crippen molar-refractivity contribution in [2.24, 2.45) is 0 Å². The maximum atomic E-state index is 11.1. The summed E-state index contributed by atoms with van der Waals surface area (Å²) in [7, 11) is 0. The summed E-state index contributed by atoms with van der Waals surface area (Å²) in [6.07, 6.45) is 0.583. The van der Waals surface area contributed by atoms with E-state index in [9.17, 15) is 4.79 Å². The molecule has 0 aliphatic rings. The van der Waals surface area contributed by atoms with E-state index in [1.165, 1.54) is 22.5 Å². The van der Waals surface area contributed by atoms with Gasteiger partial charge in [-0.15, -0.1) is 11.3 Å². The monoisotopic (exact) mass is 261 g/mol. The second-order valence-corrected chi connectivity index (χ2v) is 5.62. The van der Waals surface area contributed by atoms with Crippen molar-refractivity contribution in [2.45, 2.75) is 27.2 Å². The summed E-state index contributed by atoms with van der Waals surface area (Å²) in [5.74, 6) is -0.888. The van der Waals surface area contributed by atoms with Gasteiger partial charge < -0.3 is 5.11 Å². The minimum atomic E-state index is -0.888. The van der Waals surface area contributed by atoms with Crippen LogP contribution in [-0.2, 0) is 6.42 Å². The summed E-state index contributed by atoms with van der Waals surface area (Å²) in [6.45, 7) is 5.91. The number of thiazole rings is 1. The Hall–Kier alpha value is -1.68. The summed E-state index contributed by atoms with van der Waals surface area (Å²) >= 11 is 1.24.